The molecule has 0 saturated carbocycles. The molecule has 3 nitrogen and oxygen atoms in total. The smallest absolute Gasteiger partial charge is 0.123 e. The molecule has 0 aromatic heterocycles. The highest BCUT2D eigenvalue weighted by Crippen LogP contribution is 2.30. The van der Waals surface area contributed by atoms with Gasteiger partial charge in [-0.15, -0.1) is 0 Å². The minimum Gasteiger partial charge on any atom is -0.488 e. The van der Waals surface area contributed by atoms with Crippen molar-refractivity contribution in [3.8, 4) is 5.75 Å². The van der Waals surface area contributed by atoms with Crippen molar-refractivity contribution in [1.29, 1.82) is 0 Å². The van der Waals surface area contributed by atoms with E-state index in [1.165, 1.54) is 18.9 Å². The molecule has 1 aromatic rings. The molecule has 110 valence electrons. The SMILES string of the molecule is CCN(CC1Cc2cc(F)ccc2O1)C1CCCNC1. The first kappa shape index (κ1) is 13.8. The Morgan fingerprint density at radius 1 is 1.45 bits per heavy atom. The fourth-order valence-electron chi connectivity index (χ4n) is 3.33. The van der Waals surface area contributed by atoms with E-state index in [0.717, 1.165) is 43.9 Å². The molecule has 1 N–H and O–H groups in total. The Balaban J connectivity index is 1.60. The molecule has 2 atom stereocenters. The largest absolute Gasteiger partial charge is 0.488 e. The molecule has 2 aliphatic rings. The Morgan fingerprint density at radius 3 is 3.10 bits per heavy atom. The van der Waals surface area contributed by atoms with Crippen LogP contribution in [0.3, 0.4) is 0 Å². The van der Waals surface area contributed by atoms with Gasteiger partial charge in [-0.25, -0.2) is 4.39 Å². The van der Waals surface area contributed by atoms with Gasteiger partial charge in [0.15, 0.2) is 0 Å². The van der Waals surface area contributed by atoms with Gasteiger partial charge in [0.05, 0.1) is 0 Å². The number of halogens is 1. The number of nitrogens with zero attached hydrogens (tertiary/aromatic N) is 1. The van der Waals surface area contributed by atoms with Crippen molar-refractivity contribution in [3.05, 3.63) is 29.6 Å². The first-order valence-corrected chi connectivity index (χ1v) is 7.66. The second-order valence-electron chi connectivity index (χ2n) is 5.78. The number of rotatable bonds is 4. The van der Waals surface area contributed by atoms with Crippen LogP contribution in [-0.4, -0.2) is 43.2 Å². The van der Waals surface area contributed by atoms with Crippen molar-refractivity contribution in [2.24, 2.45) is 0 Å². The zero-order valence-electron chi connectivity index (χ0n) is 12.1. The number of hydrogen-bond donors (Lipinski definition) is 1. The predicted molar refractivity (Wildman–Crippen MR) is 77.7 cm³/mol. The van der Waals surface area contributed by atoms with Crippen LogP contribution in [0.1, 0.15) is 25.3 Å². The Hall–Kier alpha value is -1.13. The third-order valence-electron chi connectivity index (χ3n) is 4.40. The monoisotopic (exact) mass is 278 g/mol. The fraction of sp³-hybridized carbons (Fsp3) is 0.625. The van der Waals surface area contributed by atoms with Crippen LogP contribution in [-0.2, 0) is 6.42 Å². The zero-order valence-corrected chi connectivity index (χ0v) is 12.1. The van der Waals surface area contributed by atoms with E-state index in [0.29, 0.717) is 6.04 Å². The van der Waals surface area contributed by atoms with Gasteiger partial charge in [-0.3, -0.25) is 4.90 Å². The van der Waals surface area contributed by atoms with Crippen LogP contribution in [0, 0.1) is 5.82 Å². The number of nitrogens with one attached hydrogen (secondary N) is 1. The van der Waals surface area contributed by atoms with Crippen molar-refractivity contribution in [3.63, 3.8) is 0 Å². The van der Waals surface area contributed by atoms with Gasteiger partial charge in [0.1, 0.15) is 17.7 Å². The van der Waals surface area contributed by atoms with Gasteiger partial charge in [-0.05, 0) is 44.1 Å². The minimum absolute atomic E-state index is 0.161. The standard InChI is InChI=1S/C16H23FN2O/c1-2-19(14-4-3-7-18-10-14)11-15-9-12-8-13(17)5-6-16(12)20-15/h5-6,8,14-15,18H,2-4,7,9-11H2,1H3. The number of hydrogen-bond acceptors (Lipinski definition) is 3. The first-order chi connectivity index (χ1) is 9.76. The molecule has 2 heterocycles. The van der Waals surface area contributed by atoms with Crippen LogP contribution in [0.4, 0.5) is 4.39 Å². The molecule has 1 fully saturated rings. The van der Waals surface area contributed by atoms with Crippen molar-refractivity contribution >= 4 is 0 Å². The average molecular weight is 278 g/mol. The van der Waals surface area contributed by atoms with Crippen LogP contribution in [0.25, 0.3) is 0 Å². The Kier molecular flexibility index (Phi) is 4.22. The number of likely N-dealkylation sites (N-methyl/N-ethyl adjacent to an activating group) is 1. The molecule has 4 heteroatoms. The lowest BCUT2D eigenvalue weighted by Gasteiger charge is -2.35. The highest BCUT2D eigenvalue weighted by molar-refractivity contribution is 5.37. The van der Waals surface area contributed by atoms with Crippen molar-refractivity contribution in [2.75, 3.05) is 26.2 Å². The molecule has 2 unspecified atom stereocenters. The van der Waals surface area contributed by atoms with Gasteiger partial charge >= 0.3 is 0 Å². The molecule has 0 aliphatic carbocycles. The zero-order chi connectivity index (χ0) is 13.9. The van der Waals surface area contributed by atoms with Crippen molar-refractivity contribution in [2.45, 2.75) is 38.3 Å². The quantitative estimate of drug-likeness (QED) is 0.914. The summed E-state index contributed by atoms with van der Waals surface area (Å²) >= 11 is 0. The summed E-state index contributed by atoms with van der Waals surface area (Å²) in [5.74, 6) is 0.686. The molecule has 0 spiro atoms. The Labute approximate surface area is 120 Å². The number of fused-ring (bicyclic) bond motifs is 1. The summed E-state index contributed by atoms with van der Waals surface area (Å²) < 4.78 is 19.2. The molecule has 2 aliphatic heterocycles. The van der Waals surface area contributed by atoms with E-state index >= 15 is 0 Å². The maximum Gasteiger partial charge on any atom is 0.123 e. The lowest BCUT2D eigenvalue weighted by Crippen LogP contribution is -2.49. The van der Waals surface area contributed by atoms with Crippen LogP contribution < -0.4 is 10.1 Å². The molecular weight excluding hydrogens is 255 g/mol. The topological polar surface area (TPSA) is 24.5 Å². The third kappa shape index (κ3) is 2.96. The van der Waals surface area contributed by atoms with Crippen LogP contribution in [0.15, 0.2) is 18.2 Å². The third-order valence-corrected chi connectivity index (χ3v) is 4.40. The maximum atomic E-state index is 13.2. The summed E-state index contributed by atoms with van der Waals surface area (Å²) in [6.45, 7) is 6.38. The molecule has 0 radical (unpaired) electrons. The van der Waals surface area contributed by atoms with Gasteiger partial charge in [0.25, 0.3) is 0 Å². The fourth-order valence-corrected chi connectivity index (χ4v) is 3.33. The summed E-state index contributed by atoms with van der Waals surface area (Å²) in [6.07, 6.45) is 3.49. The van der Waals surface area contributed by atoms with E-state index < -0.39 is 0 Å². The van der Waals surface area contributed by atoms with Gasteiger partial charge in [-0.1, -0.05) is 6.92 Å². The van der Waals surface area contributed by atoms with E-state index in [1.54, 1.807) is 12.1 Å². The lowest BCUT2D eigenvalue weighted by molar-refractivity contribution is 0.107. The van der Waals surface area contributed by atoms with Gasteiger partial charge in [0, 0.05) is 31.1 Å². The van der Waals surface area contributed by atoms with Crippen LogP contribution in [0.2, 0.25) is 0 Å². The second kappa shape index (κ2) is 6.10. The average Bonchev–Trinajstić information content (AvgIpc) is 2.87. The van der Waals surface area contributed by atoms with Gasteiger partial charge in [0.2, 0.25) is 0 Å². The normalized spacial score (nSPS) is 25.6. The number of ether oxygens (including phenoxy) is 1. The lowest BCUT2D eigenvalue weighted by atomic mass is 10.0. The summed E-state index contributed by atoms with van der Waals surface area (Å²) in [5, 5.41) is 3.47. The number of piperidine rings is 1. The van der Waals surface area contributed by atoms with E-state index in [9.17, 15) is 4.39 Å². The molecule has 0 amide bonds. The summed E-state index contributed by atoms with van der Waals surface area (Å²) in [5.41, 5.74) is 1.01. The van der Waals surface area contributed by atoms with Gasteiger partial charge < -0.3 is 10.1 Å². The number of benzene rings is 1. The molecule has 1 saturated heterocycles. The summed E-state index contributed by atoms with van der Waals surface area (Å²) in [7, 11) is 0. The summed E-state index contributed by atoms with van der Waals surface area (Å²) in [6, 6.07) is 5.44. The highest BCUT2D eigenvalue weighted by atomic mass is 19.1. The molecule has 3 rings (SSSR count). The van der Waals surface area contributed by atoms with E-state index in [1.807, 2.05) is 0 Å². The van der Waals surface area contributed by atoms with Gasteiger partial charge in [-0.2, -0.15) is 0 Å². The van der Waals surface area contributed by atoms with E-state index in [-0.39, 0.29) is 11.9 Å². The Bertz CT molecular complexity index is 460. The van der Waals surface area contributed by atoms with Crippen molar-refractivity contribution < 1.29 is 9.13 Å². The second-order valence-corrected chi connectivity index (χ2v) is 5.78. The van der Waals surface area contributed by atoms with Crippen molar-refractivity contribution in [1.82, 2.24) is 10.2 Å². The summed E-state index contributed by atoms with van der Waals surface area (Å²) in [4.78, 5) is 2.50. The Morgan fingerprint density at radius 2 is 2.35 bits per heavy atom. The molecule has 20 heavy (non-hydrogen) atoms. The molecule has 0 bridgehead atoms. The van der Waals surface area contributed by atoms with E-state index in [2.05, 4.69) is 17.1 Å². The highest BCUT2D eigenvalue weighted by Gasteiger charge is 2.28. The maximum absolute atomic E-state index is 13.2. The minimum atomic E-state index is -0.170. The van der Waals surface area contributed by atoms with E-state index in [4.69, 9.17) is 4.74 Å². The van der Waals surface area contributed by atoms with Crippen LogP contribution in [0.5, 0.6) is 5.75 Å². The molecule has 1 aromatic carbocycles. The predicted octanol–water partition coefficient (Wildman–Crippen LogP) is 2.20. The molecular formula is C16H23FN2O. The first-order valence-electron chi connectivity index (χ1n) is 7.66. The van der Waals surface area contributed by atoms with Crippen LogP contribution >= 0.6 is 0 Å².